The minimum absolute atomic E-state index is 0.396. The smallest absolute Gasteiger partial charge is 0.326 e. The molecule has 5 nitrogen and oxygen atoms in total. The molecular weight excluding hydrogens is 256 g/mol. The minimum atomic E-state index is -1.02. The summed E-state index contributed by atoms with van der Waals surface area (Å²) in [5.41, 5.74) is 6.78. The first kappa shape index (κ1) is 16.2. The zero-order chi connectivity index (χ0) is 15.0. The van der Waals surface area contributed by atoms with Crippen molar-refractivity contribution in [3.63, 3.8) is 0 Å². The molecule has 20 heavy (non-hydrogen) atoms. The third-order valence-electron chi connectivity index (χ3n) is 3.10. The third-order valence-corrected chi connectivity index (χ3v) is 3.10. The number of carboxylic acids is 1. The van der Waals surface area contributed by atoms with Crippen molar-refractivity contribution in [3.8, 4) is 0 Å². The van der Waals surface area contributed by atoms with E-state index in [1.807, 2.05) is 37.3 Å². The molecule has 110 valence electrons. The lowest BCUT2D eigenvalue weighted by molar-refractivity contribution is -0.142. The lowest BCUT2D eigenvalue weighted by Crippen LogP contribution is -2.49. The molecule has 0 aliphatic carbocycles. The predicted molar refractivity (Wildman–Crippen MR) is 77.2 cm³/mol. The maximum absolute atomic E-state index is 11.9. The van der Waals surface area contributed by atoms with Gasteiger partial charge in [-0.2, -0.15) is 0 Å². The molecule has 2 atom stereocenters. The summed E-state index contributed by atoms with van der Waals surface area (Å²) in [7, 11) is 0. The summed E-state index contributed by atoms with van der Waals surface area (Å²) in [5, 5.41) is 11.6. The average molecular weight is 278 g/mol. The average Bonchev–Trinajstić information content (AvgIpc) is 2.43. The van der Waals surface area contributed by atoms with Gasteiger partial charge < -0.3 is 16.2 Å². The molecule has 0 aromatic heterocycles. The fourth-order valence-electron chi connectivity index (χ4n) is 1.91. The standard InChI is InChI=1S/C15H22N2O3/c1-2-3-9-13(15(19)20)17-14(18)12(16)10-11-7-5-4-6-8-11/h4-8,12-13H,2-3,9-10,16H2,1H3,(H,17,18)(H,19,20)/t12-,13+/m1/s1. The summed E-state index contributed by atoms with van der Waals surface area (Å²) in [4.78, 5) is 23.0. The van der Waals surface area contributed by atoms with Gasteiger partial charge in [0, 0.05) is 0 Å². The number of hydrogen-bond acceptors (Lipinski definition) is 3. The first-order valence-electron chi connectivity index (χ1n) is 6.87. The van der Waals surface area contributed by atoms with Crippen LogP contribution in [-0.4, -0.2) is 29.1 Å². The summed E-state index contributed by atoms with van der Waals surface area (Å²) < 4.78 is 0. The van der Waals surface area contributed by atoms with E-state index < -0.39 is 24.0 Å². The number of hydrogen-bond donors (Lipinski definition) is 3. The van der Waals surface area contributed by atoms with Crippen LogP contribution in [-0.2, 0) is 16.0 Å². The molecule has 0 radical (unpaired) electrons. The number of benzene rings is 1. The lowest BCUT2D eigenvalue weighted by atomic mass is 10.0. The number of unbranched alkanes of at least 4 members (excludes halogenated alkanes) is 1. The van der Waals surface area contributed by atoms with Gasteiger partial charge in [0.15, 0.2) is 0 Å². The maximum atomic E-state index is 11.9. The fraction of sp³-hybridized carbons (Fsp3) is 0.467. The van der Waals surface area contributed by atoms with Crippen molar-refractivity contribution in [2.45, 2.75) is 44.7 Å². The van der Waals surface area contributed by atoms with E-state index in [-0.39, 0.29) is 0 Å². The van der Waals surface area contributed by atoms with Crippen LogP contribution in [0.3, 0.4) is 0 Å². The number of carboxylic acid groups (broad SMARTS) is 1. The number of nitrogens with one attached hydrogen (secondary N) is 1. The molecule has 1 aromatic rings. The predicted octanol–water partition coefficient (Wildman–Crippen LogP) is 1.32. The molecule has 0 saturated heterocycles. The lowest BCUT2D eigenvalue weighted by Gasteiger charge is -2.17. The Morgan fingerprint density at radius 1 is 1.30 bits per heavy atom. The molecule has 1 aromatic carbocycles. The molecule has 0 aliphatic heterocycles. The highest BCUT2D eigenvalue weighted by atomic mass is 16.4. The van der Waals surface area contributed by atoms with Gasteiger partial charge in [-0.25, -0.2) is 4.79 Å². The van der Waals surface area contributed by atoms with Crippen LogP contribution in [0.4, 0.5) is 0 Å². The van der Waals surface area contributed by atoms with Crippen LogP contribution in [0.2, 0.25) is 0 Å². The van der Waals surface area contributed by atoms with Crippen LogP contribution in [0.25, 0.3) is 0 Å². The Morgan fingerprint density at radius 3 is 2.50 bits per heavy atom. The summed E-state index contributed by atoms with van der Waals surface area (Å²) in [6.45, 7) is 1.97. The molecule has 1 amide bonds. The van der Waals surface area contributed by atoms with E-state index in [1.54, 1.807) is 0 Å². The Labute approximate surface area is 119 Å². The molecule has 0 saturated carbocycles. The van der Waals surface area contributed by atoms with Crippen LogP contribution < -0.4 is 11.1 Å². The van der Waals surface area contributed by atoms with Gasteiger partial charge >= 0.3 is 5.97 Å². The fourth-order valence-corrected chi connectivity index (χ4v) is 1.91. The minimum Gasteiger partial charge on any atom is -0.480 e. The van der Waals surface area contributed by atoms with Gasteiger partial charge in [-0.1, -0.05) is 50.1 Å². The Hall–Kier alpha value is -1.88. The van der Waals surface area contributed by atoms with Gasteiger partial charge in [0.2, 0.25) is 5.91 Å². The van der Waals surface area contributed by atoms with Crippen molar-refractivity contribution in [2.75, 3.05) is 0 Å². The van der Waals surface area contributed by atoms with Crippen molar-refractivity contribution >= 4 is 11.9 Å². The van der Waals surface area contributed by atoms with Crippen LogP contribution >= 0.6 is 0 Å². The van der Waals surface area contributed by atoms with Crippen molar-refractivity contribution in [2.24, 2.45) is 5.73 Å². The second kappa shape index (κ2) is 8.32. The largest absolute Gasteiger partial charge is 0.480 e. The molecule has 0 aliphatic rings. The number of nitrogens with two attached hydrogens (primary N) is 1. The topological polar surface area (TPSA) is 92.4 Å². The van der Waals surface area contributed by atoms with E-state index >= 15 is 0 Å². The molecule has 0 spiro atoms. The molecule has 0 fully saturated rings. The van der Waals surface area contributed by atoms with Crippen molar-refractivity contribution in [1.82, 2.24) is 5.32 Å². The molecule has 5 heteroatoms. The molecule has 0 heterocycles. The zero-order valence-electron chi connectivity index (χ0n) is 11.7. The molecular formula is C15H22N2O3. The van der Waals surface area contributed by atoms with Crippen molar-refractivity contribution < 1.29 is 14.7 Å². The Balaban J connectivity index is 2.53. The highest BCUT2D eigenvalue weighted by Crippen LogP contribution is 2.04. The maximum Gasteiger partial charge on any atom is 0.326 e. The van der Waals surface area contributed by atoms with E-state index in [1.165, 1.54) is 0 Å². The van der Waals surface area contributed by atoms with E-state index in [9.17, 15) is 9.59 Å². The van der Waals surface area contributed by atoms with Gasteiger partial charge in [-0.3, -0.25) is 4.79 Å². The Kier molecular flexibility index (Phi) is 6.73. The van der Waals surface area contributed by atoms with Gasteiger partial charge in [0.05, 0.1) is 6.04 Å². The van der Waals surface area contributed by atoms with Crippen LogP contribution in [0.15, 0.2) is 30.3 Å². The third kappa shape index (κ3) is 5.40. The number of rotatable bonds is 8. The van der Waals surface area contributed by atoms with E-state index in [0.29, 0.717) is 12.8 Å². The van der Waals surface area contributed by atoms with E-state index in [0.717, 1.165) is 18.4 Å². The summed E-state index contributed by atoms with van der Waals surface area (Å²) in [5.74, 6) is -1.43. The van der Waals surface area contributed by atoms with Gasteiger partial charge in [-0.15, -0.1) is 0 Å². The van der Waals surface area contributed by atoms with Gasteiger partial charge in [-0.05, 0) is 18.4 Å². The second-order valence-electron chi connectivity index (χ2n) is 4.84. The SMILES string of the molecule is CCCC[C@H](NC(=O)[C@H](N)Cc1ccccc1)C(=O)O. The normalized spacial score (nSPS) is 13.5. The number of amides is 1. The zero-order valence-corrected chi connectivity index (χ0v) is 11.7. The first-order valence-corrected chi connectivity index (χ1v) is 6.87. The molecule has 1 rings (SSSR count). The summed E-state index contributed by atoms with van der Waals surface area (Å²) in [6.07, 6.45) is 2.46. The highest BCUT2D eigenvalue weighted by molar-refractivity contribution is 5.86. The molecule has 4 N–H and O–H groups in total. The van der Waals surface area contributed by atoms with Gasteiger partial charge in [0.1, 0.15) is 6.04 Å². The van der Waals surface area contributed by atoms with Crippen LogP contribution in [0, 0.1) is 0 Å². The van der Waals surface area contributed by atoms with Crippen molar-refractivity contribution in [3.05, 3.63) is 35.9 Å². The Bertz CT molecular complexity index is 434. The molecule has 0 unspecified atom stereocenters. The van der Waals surface area contributed by atoms with Crippen LogP contribution in [0.5, 0.6) is 0 Å². The number of aliphatic carboxylic acids is 1. The van der Waals surface area contributed by atoms with E-state index in [4.69, 9.17) is 10.8 Å². The highest BCUT2D eigenvalue weighted by Gasteiger charge is 2.22. The quantitative estimate of drug-likeness (QED) is 0.668. The summed E-state index contributed by atoms with van der Waals surface area (Å²) in [6, 6.07) is 7.82. The molecule has 0 bridgehead atoms. The Morgan fingerprint density at radius 2 is 1.95 bits per heavy atom. The van der Waals surface area contributed by atoms with Gasteiger partial charge in [0.25, 0.3) is 0 Å². The van der Waals surface area contributed by atoms with E-state index in [2.05, 4.69) is 5.32 Å². The number of carbonyl (C=O) groups is 2. The number of carbonyl (C=O) groups excluding carboxylic acids is 1. The summed E-state index contributed by atoms with van der Waals surface area (Å²) >= 11 is 0. The van der Waals surface area contributed by atoms with Crippen molar-refractivity contribution in [1.29, 1.82) is 0 Å². The first-order chi connectivity index (χ1) is 9.54. The monoisotopic (exact) mass is 278 g/mol. The van der Waals surface area contributed by atoms with Crippen LogP contribution in [0.1, 0.15) is 31.7 Å². The second-order valence-corrected chi connectivity index (χ2v) is 4.84.